The highest BCUT2D eigenvalue weighted by atomic mass is 16.1. The van der Waals surface area contributed by atoms with Gasteiger partial charge in [-0.05, 0) is 44.7 Å². The van der Waals surface area contributed by atoms with Crippen LogP contribution in [0, 0.1) is 5.92 Å². The lowest BCUT2D eigenvalue weighted by Gasteiger charge is -2.28. The molecule has 116 valence electrons. The molecular formula is C16H31N3O. The number of likely N-dealkylation sites (tertiary alicyclic amines) is 1. The molecule has 1 saturated heterocycles. The Morgan fingerprint density at radius 2 is 1.75 bits per heavy atom. The number of hydrogen-bond acceptors (Lipinski definition) is 3. The molecule has 20 heavy (non-hydrogen) atoms. The number of rotatable bonds is 5. The standard InChI is InChI=1S/C16H31N3O/c17-15-8-4-3-7-14(15)13-16(20)18-9-12-19-10-5-1-2-6-11-19/h14-15H,1-13,17H2,(H,18,20). The number of carbonyl (C=O) groups is 1. The van der Waals surface area contributed by atoms with Gasteiger partial charge in [-0.25, -0.2) is 0 Å². The van der Waals surface area contributed by atoms with Crippen molar-refractivity contribution in [3.8, 4) is 0 Å². The van der Waals surface area contributed by atoms with Crippen LogP contribution in [0.15, 0.2) is 0 Å². The Bertz CT molecular complexity index is 287. The number of hydrogen-bond donors (Lipinski definition) is 2. The second-order valence-corrected chi connectivity index (χ2v) is 6.52. The molecule has 1 amide bonds. The fraction of sp³-hybridized carbons (Fsp3) is 0.938. The monoisotopic (exact) mass is 281 g/mol. The Balaban J connectivity index is 1.59. The first-order valence-corrected chi connectivity index (χ1v) is 8.50. The number of nitrogens with two attached hydrogens (primary N) is 1. The number of carbonyl (C=O) groups excluding carboxylic acids is 1. The molecule has 4 heteroatoms. The minimum absolute atomic E-state index is 0.196. The topological polar surface area (TPSA) is 58.4 Å². The Morgan fingerprint density at radius 1 is 1.05 bits per heavy atom. The van der Waals surface area contributed by atoms with E-state index >= 15 is 0 Å². The molecule has 0 aromatic carbocycles. The van der Waals surface area contributed by atoms with Gasteiger partial charge in [0.2, 0.25) is 5.91 Å². The summed E-state index contributed by atoms with van der Waals surface area (Å²) in [5.41, 5.74) is 6.10. The highest BCUT2D eigenvalue weighted by Crippen LogP contribution is 2.25. The molecule has 2 fully saturated rings. The molecule has 0 spiro atoms. The summed E-state index contributed by atoms with van der Waals surface area (Å²) in [6.07, 6.45) is 10.7. The van der Waals surface area contributed by atoms with E-state index in [4.69, 9.17) is 5.73 Å². The summed E-state index contributed by atoms with van der Waals surface area (Å²) in [6, 6.07) is 0.236. The molecule has 0 aromatic rings. The zero-order chi connectivity index (χ0) is 14.2. The van der Waals surface area contributed by atoms with E-state index in [1.165, 1.54) is 51.6 Å². The first-order chi connectivity index (χ1) is 9.75. The fourth-order valence-corrected chi connectivity index (χ4v) is 3.51. The lowest BCUT2D eigenvalue weighted by molar-refractivity contribution is -0.122. The summed E-state index contributed by atoms with van der Waals surface area (Å²) in [7, 11) is 0. The Kier molecular flexibility index (Phi) is 6.80. The molecule has 3 N–H and O–H groups in total. The maximum atomic E-state index is 12.0. The molecule has 2 rings (SSSR count). The van der Waals surface area contributed by atoms with Crippen molar-refractivity contribution in [1.29, 1.82) is 0 Å². The highest BCUT2D eigenvalue weighted by molar-refractivity contribution is 5.76. The lowest BCUT2D eigenvalue weighted by atomic mass is 9.83. The van der Waals surface area contributed by atoms with Crippen LogP contribution in [-0.2, 0) is 4.79 Å². The van der Waals surface area contributed by atoms with Gasteiger partial charge in [-0.3, -0.25) is 4.79 Å². The molecule has 1 saturated carbocycles. The van der Waals surface area contributed by atoms with Crippen LogP contribution >= 0.6 is 0 Å². The highest BCUT2D eigenvalue weighted by Gasteiger charge is 2.23. The smallest absolute Gasteiger partial charge is 0.220 e. The SMILES string of the molecule is NC1CCCCC1CC(=O)NCCN1CCCCCC1. The van der Waals surface area contributed by atoms with Gasteiger partial charge in [0.25, 0.3) is 0 Å². The van der Waals surface area contributed by atoms with Crippen LogP contribution in [0.25, 0.3) is 0 Å². The molecule has 0 aromatic heterocycles. The lowest BCUT2D eigenvalue weighted by Crippen LogP contribution is -2.39. The van der Waals surface area contributed by atoms with Gasteiger partial charge in [-0.2, -0.15) is 0 Å². The van der Waals surface area contributed by atoms with Gasteiger partial charge < -0.3 is 16.0 Å². The summed E-state index contributed by atoms with van der Waals surface area (Å²) < 4.78 is 0. The number of nitrogens with one attached hydrogen (secondary N) is 1. The van der Waals surface area contributed by atoms with Crippen molar-refractivity contribution in [1.82, 2.24) is 10.2 Å². The van der Waals surface area contributed by atoms with Gasteiger partial charge in [-0.15, -0.1) is 0 Å². The number of nitrogens with zero attached hydrogens (tertiary/aromatic N) is 1. The van der Waals surface area contributed by atoms with Crippen LogP contribution in [0.2, 0.25) is 0 Å². The Morgan fingerprint density at radius 3 is 2.45 bits per heavy atom. The third-order valence-electron chi connectivity index (χ3n) is 4.86. The molecule has 2 atom stereocenters. The van der Waals surface area contributed by atoms with Crippen LogP contribution in [0.1, 0.15) is 57.8 Å². The van der Waals surface area contributed by atoms with Crippen molar-refractivity contribution in [2.75, 3.05) is 26.2 Å². The normalized spacial score (nSPS) is 28.9. The minimum atomic E-state index is 0.196. The molecule has 0 bridgehead atoms. The van der Waals surface area contributed by atoms with E-state index in [0.29, 0.717) is 12.3 Å². The van der Waals surface area contributed by atoms with Gasteiger partial charge in [-0.1, -0.05) is 25.7 Å². The Hall–Kier alpha value is -0.610. The second-order valence-electron chi connectivity index (χ2n) is 6.52. The first-order valence-electron chi connectivity index (χ1n) is 8.50. The maximum absolute atomic E-state index is 12.0. The van der Waals surface area contributed by atoms with Crippen molar-refractivity contribution in [2.45, 2.75) is 63.8 Å². The Labute approximate surface area is 123 Å². The van der Waals surface area contributed by atoms with Crippen LogP contribution < -0.4 is 11.1 Å². The van der Waals surface area contributed by atoms with Crippen molar-refractivity contribution in [3.63, 3.8) is 0 Å². The fourth-order valence-electron chi connectivity index (χ4n) is 3.51. The van der Waals surface area contributed by atoms with E-state index in [1.807, 2.05) is 0 Å². The molecule has 1 heterocycles. The van der Waals surface area contributed by atoms with Crippen LogP contribution in [0.5, 0.6) is 0 Å². The van der Waals surface area contributed by atoms with Crippen LogP contribution in [0.4, 0.5) is 0 Å². The van der Waals surface area contributed by atoms with E-state index in [9.17, 15) is 4.79 Å². The summed E-state index contributed by atoms with van der Waals surface area (Å²) in [5.74, 6) is 0.601. The predicted molar refractivity (Wildman–Crippen MR) is 82.5 cm³/mol. The predicted octanol–water partition coefficient (Wildman–Crippen LogP) is 1.89. The van der Waals surface area contributed by atoms with Crippen molar-refractivity contribution in [3.05, 3.63) is 0 Å². The summed E-state index contributed by atoms with van der Waals surface area (Å²) >= 11 is 0. The summed E-state index contributed by atoms with van der Waals surface area (Å²) in [6.45, 7) is 4.19. The van der Waals surface area contributed by atoms with Crippen molar-refractivity contribution < 1.29 is 4.79 Å². The molecule has 1 aliphatic carbocycles. The third kappa shape index (κ3) is 5.41. The average Bonchev–Trinajstić information content (AvgIpc) is 2.70. The first kappa shape index (κ1) is 15.8. The van der Waals surface area contributed by atoms with Crippen molar-refractivity contribution >= 4 is 5.91 Å². The maximum Gasteiger partial charge on any atom is 0.220 e. The van der Waals surface area contributed by atoms with E-state index < -0.39 is 0 Å². The minimum Gasteiger partial charge on any atom is -0.355 e. The van der Waals surface area contributed by atoms with E-state index in [1.54, 1.807) is 0 Å². The summed E-state index contributed by atoms with van der Waals surface area (Å²) in [4.78, 5) is 14.5. The number of amides is 1. The van der Waals surface area contributed by atoms with Crippen molar-refractivity contribution in [2.24, 2.45) is 11.7 Å². The van der Waals surface area contributed by atoms with E-state index in [-0.39, 0.29) is 11.9 Å². The van der Waals surface area contributed by atoms with Gasteiger partial charge in [0, 0.05) is 25.6 Å². The van der Waals surface area contributed by atoms with Gasteiger partial charge in [0.05, 0.1) is 0 Å². The average molecular weight is 281 g/mol. The second kappa shape index (κ2) is 8.63. The molecule has 4 nitrogen and oxygen atoms in total. The molecule has 1 aliphatic heterocycles. The van der Waals surface area contributed by atoms with E-state index in [0.717, 1.165) is 25.9 Å². The van der Waals surface area contributed by atoms with E-state index in [2.05, 4.69) is 10.2 Å². The summed E-state index contributed by atoms with van der Waals surface area (Å²) in [5, 5.41) is 3.08. The quantitative estimate of drug-likeness (QED) is 0.809. The van der Waals surface area contributed by atoms with Crippen LogP contribution in [-0.4, -0.2) is 43.0 Å². The third-order valence-corrected chi connectivity index (χ3v) is 4.86. The van der Waals surface area contributed by atoms with Gasteiger partial charge in [0.1, 0.15) is 0 Å². The largest absolute Gasteiger partial charge is 0.355 e. The van der Waals surface area contributed by atoms with Gasteiger partial charge in [0.15, 0.2) is 0 Å². The molecular weight excluding hydrogens is 250 g/mol. The van der Waals surface area contributed by atoms with Crippen LogP contribution in [0.3, 0.4) is 0 Å². The van der Waals surface area contributed by atoms with Gasteiger partial charge >= 0.3 is 0 Å². The molecule has 2 aliphatic rings. The molecule has 2 unspecified atom stereocenters. The zero-order valence-electron chi connectivity index (χ0n) is 12.8. The zero-order valence-corrected chi connectivity index (χ0v) is 12.8. The molecule has 0 radical (unpaired) electrons.